The summed E-state index contributed by atoms with van der Waals surface area (Å²) in [6.07, 6.45) is 3.96. The summed E-state index contributed by atoms with van der Waals surface area (Å²) in [5.41, 5.74) is 0. The van der Waals surface area contributed by atoms with Crippen molar-refractivity contribution in [1.82, 2.24) is 14.9 Å². The third-order valence-corrected chi connectivity index (χ3v) is 3.72. The lowest BCUT2D eigenvalue weighted by Crippen LogP contribution is -2.40. The fourth-order valence-corrected chi connectivity index (χ4v) is 2.67. The standard InChI is InChI=1S/C12H19BrN4/c1-3-10-8-16(2)5-4-6-17(10)12-7-11(13)14-9-15-12/h7,9-10H,3-6,8H2,1-2H3. The molecule has 0 radical (unpaired) electrons. The summed E-state index contributed by atoms with van der Waals surface area (Å²) in [5.74, 6) is 1.04. The number of anilines is 1. The van der Waals surface area contributed by atoms with E-state index in [1.54, 1.807) is 6.33 Å². The van der Waals surface area contributed by atoms with E-state index in [0.29, 0.717) is 6.04 Å². The number of likely N-dealkylation sites (N-methyl/N-ethyl adjacent to an activating group) is 1. The maximum absolute atomic E-state index is 4.39. The van der Waals surface area contributed by atoms with Crippen LogP contribution in [0.1, 0.15) is 19.8 Å². The molecule has 0 amide bonds. The third kappa shape index (κ3) is 3.16. The van der Waals surface area contributed by atoms with Gasteiger partial charge >= 0.3 is 0 Å². The van der Waals surface area contributed by atoms with Gasteiger partial charge in [-0.15, -0.1) is 0 Å². The van der Waals surface area contributed by atoms with Crippen molar-refractivity contribution in [1.29, 1.82) is 0 Å². The summed E-state index contributed by atoms with van der Waals surface area (Å²) in [5, 5.41) is 0. The fourth-order valence-electron chi connectivity index (χ4n) is 2.38. The van der Waals surface area contributed by atoms with Crippen molar-refractivity contribution < 1.29 is 0 Å². The third-order valence-electron chi connectivity index (χ3n) is 3.29. The maximum atomic E-state index is 4.39. The van der Waals surface area contributed by atoms with E-state index in [4.69, 9.17) is 0 Å². The van der Waals surface area contributed by atoms with Crippen molar-refractivity contribution >= 4 is 21.7 Å². The molecule has 1 unspecified atom stereocenters. The van der Waals surface area contributed by atoms with Gasteiger partial charge in [0.1, 0.15) is 16.7 Å². The molecule has 0 aliphatic carbocycles. The highest BCUT2D eigenvalue weighted by molar-refractivity contribution is 9.10. The van der Waals surface area contributed by atoms with Crippen LogP contribution in [0, 0.1) is 0 Å². The molecule has 4 nitrogen and oxygen atoms in total. The summed E-state index contributed by atoms with van der Waals surface area (Å²) in [7, 11) is 2.20. The van der Waals surface area contributed by atoms with E-state index in [-0.39, 0.29) is 0 Å². The number of aromatic nitrogens is 2. The zero-order valence-corrected chi connectivity index (χ0v) is 12.0. The number of hydrogen-bond donors (Lipinski definition) is 0. The molecular weight excluding hydrogens is 280 g/mol. The van der Waals surface area contributed by atoms with Crippen LogP contribution in [0.15, 0.2) is 17.0 Å². The predicted molar refractivity (Wildman–Crippen MR) is 73.3 cm³/mol. The van der Waals surface area contributed by atoms with Gasteiger partial charge in [0.15, 0.2) is 0 Å². The van der Waals surface area contributed by atoms with Crippen molar-refractivity contribution in [3.63, 3.8) is 0 Å². The Hall–Kier alpha value is -0.680. The Kier molecular flexibility index (Phi) is 4.34. The van der Waals surface area contributed by atoms with Gasteiger partial charge in [-0.05, 0) is 42.4 Å². The van der Waals surface area contributed by atoms with E-state index < -0.39 is 0 Å². The van der Waals surface area contributed by atoms with Gasteiger partial charge in [-0.3, -0.25) is 0 Å². The molecule has 1 aromatic heterocycles. The van der Waals surface area contributed by atoms with Crippen LogP contribution in [0.2, 0.25) is 0 Å². The zero-order valence-electron chi connectivity index (χ0n) is 10.4. The molecule has 1 atom stereocenters. The highest BCUT2D eigenvalue weighted by atomic mass is 79.9. The molecular formula is C12H19BrN4. The Bertz CT molecular complexity index is 371. The van der Waals surface area contributed by atoms with E-state index in [1.165, 1.54) is 13.0 Å². The van der Waals surface area contributed by atoms with Crippen LogP contribution < -0.4 is 4.90 Å². The predicted octanol–water partition coefficient (Wildman–Crippen LogP) is 2.16. The average Bonchev–Trinajstić information content (AvgIpc) is 2.50. The smallest absolute Gasteiger partial charge is 0.133 e. The Balaban J connectivity index is 2.22. The molecule has 1 aliphatic heterocycles. The number of halogens is 1. The largest absolute Gasteiger partial charge is 0.352 e. The van der Waals surface area contributed by atoms with Crippen LogP contribution in [0.25, 0.3) is 0 Å². The molecule has 1 fully saturated rings. The molecule has 1 aliphatic rings. The van der Waals surface area contributed by atoms with Crippen molar-refractivity contribution in [2.45, 2.75) is 25.8 Å². The normalized spacial score (nSPS) is 22.5. The van der Waals surface area contributed by atoms with Crippen LogP contribution in [-0.2, 0) is 0 Å². The quantitative estimate of drug-likeness (QED) is 0.783. The Morgan fingerprint density at radius 1 is 1.41 bits per heavy atom. The lowest BCUT2D eigenvalue weighted by molar-refractivity contribution is 0.327. The molecule has 0 bridgehead atoms. The first-order valence-electron chi connectivity index (χ1n) is 6.13. The van der Waals surface area contributed by atoms with Crippen LogP contribution in [0.3, 0.4) is 0 Å². The second-order valence-corrected chi connectivity index (χ2v) is 5.38. The molecule has 5 heteroatoms. The maximum Gasteiger partial charge on any atom is 0.133 e. The second-order valence-electron chi connectivity index (χ2n) is 4.57. The van der Waals surface area contributed by atoms with Crippen molar-refractivity contribution in [2.24, 2.45) is 0 Å². The van der Waals surface area contributed by atoms with Gasteiger partial charge in [-0.1, -0.05) is 6.92 Å². The van der Waals surface area contributed by atoms with Gasteiger partial charge in [0, 0.05) is 25.2 Å². The molecule has 0 N–H and O–H groups in total. The van der Waals surface area contributed by atoms with Crippen LogP contribution in [-0.4, -0.2) is 47.6 Å². The van der Waals surface area contributed by atoms with Crippen molar-refractivity contribution in [2.75, 3.05) is 31.6 Å². The topological polar surface area (TPSA) is 32.3 Å². The van der Waals surface area contributed by atoms with Gasteiger partial charge in [-0.2, -0.15) is 0 Å². The van der Waals surface area contributed by atoms with Crippen molar-refractivity contribution in [3.05, 3.63) is 17.0 Å². The van der Waals surface area contributed by atoms with E-state index in [2.05, 4.69) is 49.7 Å². The molecule has 94 valence electrons. The minimum atomic E-state index is 0.546. The number of hydrogen-bond acceptors (Lipinski definition) is 4. The molecule has 2 rings (SSSR count). The summed E-state index contributed by atoms with van der Waals surface area (Å²) >= 11 is 3.41. The lowest BCUT2D eigenvalue weighted by atomic mass is 10.2. The first kappa shape index (κ1) is 12.8. The number of nitrogens with zero attached hydrogens (tertiary/aromatic N) is 4. The van der Waals surface area contributed by atoms with Gasteiger partial charge in [0.2, 0.25) is 0 Å². The Morgan fingerprint density at radius 3 is 2.94 bits per heavy atom. The van der Waals surface area contributed by atoms with E-state index >= 15 is 0 Å². The molecule has 0 saturated carbocycles. The monoisotopic (exact) mass is 298 g/mol. The molecule has 17 heavy (non-hydrogen) atoms. The summed E-state index contributed by atoms with van der Waals surface area (Å²) in [6.45, 7) is 5.59. The summed E-state index contributed by atoms with van der Waals surface area (Å²) in [6, 6.07) is 2.55. The highest BCUT2D eigenvalue weighted by Gasteiger charge is 2.23. The summed E-state index contributed by atoms with van der Waals surface area (Å²) < 4.78 is 0.856. The minimum Gasteiger partial charge on any atom is -0.352 e. The van der Waals surface area contributed by atoms with Crippen LogP contribution in [0.5, 0.6) is 0 Å². The molecule has 1 aromatic rings. The fraction of sp³-hybridized carbons (Fsp3) is 0.667. The van der Waals surface area contributed by atoms with Crippen LogP contribution in [0.4, 0.5) is 5.82 Å². The van der Waals surface area contributed by atoms with Gasteiger partial charge in [0.05, 0.1) is 0 Å². The lowest BCUT2D eigenvalue weighted by Gasteiger charge is -2.31. The zero-order chi connectivity index (χ0) is 12.3. The van der Waals surface area contributed by atoms with Crippen molar-refractivity contribution in [3.8, 4) is 0 Å². The molecule has 0 aromatic carbocycles. The second kappa shape index (κ2) is 5.78. The van der Waals surface area contributed by atoms with E-state index in [1.807, 2.05) is 6.07 Å². The first-order chi connectivity index (χ1) is 8.20. The molecule has 0 spiro atoms. The Morgan fingerprint density at radius 2 is 2.24 bits per heavy atom. The number of rotatable bonds is 2. The molecule has 1 saturated heterocycles. The van der Waals surface area contributed by atoms with Gasteiger partial charge in [0.25, 0.3) is 0 Å². The van der Waals surface area contributed by atoms with Gasteiger partial charge in [-0.25, -0.2) is 9.97 Å². The molecule has 2 heterocycles. The minimum absolute atomic E-state index is 0.546. The summed E-state index contributed by atoms with van der Waals surface area (Å²) in [4.78, 5) is 13.3. The highest BCUT2D eigenvalue weighted by Crippen LogP contribution is 2.21. The van der Waals surface area contributed by atoms with E-state index in [9.17, 15) is 0 Å². The average molecular weight is 299 g/mol. The SMILES string of the molecule is CCC1CN(C)CCCN1c1cc(Br)ncn1. The Labute approximate surface area is 111 Å². The van der Waals surface area contributed by atoms with Gasteiger partial charge < -0.3 is 9.80 Å². The van der Waals surface area contributed by atoms with Crippen LogP contribution >= 0.6 is 15.9 Å². The van der Waals surface area contributed by atoms with E-state index in [0.717, 1.165) is 29.9 Å². The first-order valence-corrected chi connectivity index (χ1v) is 6.92.